The maximum atomic E-state index is 9.32. The molecule has 0 radical (unpaired) electrons. The van der Waals surface area contributed by atoms with Crippen LogP contribution in [0, 0.1) is 5.92 Å². The van der Waals surface area contributed by atoms with E-state index in [9.17, 15) is 5.11 Å². The molecule has 2 atom stereocenters. The lowest BCUT2D eigenvalue weighted by Gasteiger charge is -2.19. The number of rotatable bonds is 13. The first-order chi connectivity index (χ1) is 12.2. The van der Waals surface area contributed by atoms with Gasteiger partial charge in [0, 0.05) is 6.61 Å². The van der Waals surface area contributed by atoms with Gasteiger partial charge >= 0.3 is 0 Å². The molecule has 2 unspecified atom stereocenters. The second kappa shape index (κ2) is 22.9. The molecule has 0 aromatic heterocycles. The van der Waals surface area contributed by atoms with Gasteiger partial charge in [-0.25, -0.2) is 0 Å². The molecule has 0 aromatic carbocycles. The Balaban J connectivity index is -0.000000328. The van der Waals surface area contributed by atoms with E-state index in [4.69, 9.17) is 10.2 Å². The lowest BCUT2D eigenvalue weighted by atomic mass is 9.98. The summed E-state index contributed by atoms with van der Waals surface area (Å²) >= 11 is 0. The number of aliphatic hydroxyl groups excluding tert-OH is 2. The summed E-state index contributed by atoms with van der Waals surface area (Å²) in [5.41, 5.74) is -0.408. The molecule has 0 spiro atoms. The normalized spacial score (nSPS) is 14.0. The maximum absolute atomic E-state index is 9.32. The lowest BCUT2D eigenvalue weighted by Crippen LogP contribution is -2.21. The molecule has 0 aliphatic rings. The molecular formula is C23H52O3. The summed E-state index contributed by atoms with van der Waals surface area (Å²) in [5.74, 6) is 0.407. The summed E-state index contributed by atoms with van der Waals surface area (Å²) in [4.78, 5) is 0. The molecule has 0 saturated heterocycles. The molecule has 3 nitrogen and oxygen atoms in total. The van der Waals surface area contributed by atoms with Gasteiger partial charge in [0.15, 0.2) is 0 Å². The van der Waals surface area contributed by atoms with E-state index >= 15 is 0 Å². The van der Waals surface area contributed by atoms with Crippen LogP contribution in [0.5, 0.6) is 0 Å². The largest absolute Gasteiger partial charge is 0.396 e. The Morgan fingerprint density at radius 3 is 1.35 bits per heavy atom. The molecule has 0 aromatic rings. The van der Waals surface area contributed by atoms with Crippen LogP contribution < -0.4 is 0 Å². The number of unbranched alkanes of at least 4 members (excludes halogenated alkanes) is 8. The molecule has 0 heterocycles. The minimum atomic E-state index is -0.408. The Kier molecular flexibility index (Phi) is 27.0. The third-order valence-electron chi connectivity index (χ3n) is 4.78. The van der Waals surface area contributed by atoms with Gasteiger partial charge in [-0.15, -0.1) is 0 Å². The molecular weight excluding hydrogens is 324 g/mol. The number of hydrogen-bond acceptors (Lipinski definition) is 3. The topological polar surface area (TPSA) is 60.7 Å². The van der Waals surface area contributed by atoms with Crippen LogP contribution in [0.3, 0.4) is 0 Å². The van der Waals surface area contributed by atoms with Crippen LogP contribution in [0.4, 0.5) is 0 Å². The quantitative estimate of drug-likeness (QED) is 0.322. The molecule has 0 aliphatic carbocycles. The molecule has 0 bridgehead atoms. The molecule has 162 valence electrons. The van der Waals surface area contributed by atoms with Crippen LogP contribution in [0.15, 0.2) is 0 Å². The van der Waals surface area contributed by atoms with Gasteiger partial charge in [-0.05, 0) is 39.0 Å². The van der Waals surface area contributed by atoms with Crippen molar-refractivity contribution in [2.75, 3.05) is 6.61 Å². The Bertz CT molecular complexity index is 222. The fourth-order valence-electron chi connectivity index (χ4n) is 2.14. The highest BCUT2D eigenvalue weighted by molar-refractivity contribution is 4.67. The van der Waals surface area contributed by atoms with Crippen molar-refractivity contribution in [3.63, 3.8) is 0 Å². The predicted molar refractivity (Wildman–Crippen MR) is 117 cm³/mol. The zero-order chi connectivity index (χ0) is 20.8. The van der Waals surface area contributed by atoms with Crippen LogP contribution in [-0.2, 0) is 0 Å². The number of aliphatic hydroxyl groups is 3. The van der Waals surface area contributed by atoms with E-state index in [1.165, 1.54) is 51.4 Å². The van der Waals surface area contributed by atoms with Gasteiger partial charge in [0.25, 0.3) is 0 Å². The van der Waals surface area contributed by atoms with E-state index in [2.05, 4.69) is 13.8 Å². The fourth-order valence-corrected chi connectivity index (χ4v) is 2.14. The van der Waals surface area contributed by atoms with Crippen molar-refractivity contribution in [1.82, 2.24) is 0 Å². The third-order valence-corrected chi connectivity index (χ3v) is 4.78. The standard InChI is InChI=1S/C11H24O.C7H16O.C5H12O/c1-2-3-4-5-6-7-8-9-10-11-12;1-4-6-7(3,8)5-2;1-4(2)5(3)6/h12H,2-11H2,1H3;8H,4-6H2,1-3H3;4-6H,1-3H3. The number of hydrogen-bond donors (Lipinski definition) is 3. The summed E-state index contributed by atoms with van der Waals surface area (Å²) in [5, 5.41) is 26.5. The SMILES string of the molecule is CC(C)C(C)O.CCCC(C)(O)CC.CCCCCCCCCCCO. The third kappa shape index (κ3) is 31.6. The van der Waals surface area contributed by atoms with Gasteiger partial charge in [0.05, 0.1) is 11.7 Å². The minimum absolute atomic E-state index is 0.148. The molecule has 0 aliphatic heterocycles. The molecule has 26 heavy (non-hydrogen) atoms. The average Bonchev–Trinajstić information content (AvgIpc) is 2.58. The van der Waals surface area contributed by atoms with E-state index in [0.717, 1.165) is 25.7 Å². The summed E-state index contributed by atoms with van der Waals surface area (Å²) < 4.78 is 0. The smallest absolute Gasteiger partial charge is 0.0617 e. The van der Waals surface area contributed by atoms with Crippen molar-refractivity contribution >= 4 is 0 Å². The van der Waals surface area contributed by atoms with E-state index in [-0.39, 0.29) is 6.10 Å². The second-order valence-corrected chi connectivity index (χ2v) is 8.14. The van der Waals surface area contributed by atoms with E-state index in [1.807, 2.05) is 27.7 Å². The van der Waals surface area contributed by atoms with Crippen molar-refractivity contribution in [3.8, 4) is 0 Å². The molecule has 0 fully saturated rings. The van der Waals surface area contributed by atoms with Crippen molar-refractivity contribution < 1.29 is 15.3 Å². The van der Waals surface area contributed by atoms with Gasteiger partial charge in [-0.2, -0.15) is 0 Å². The van der Waals surface area contributed by atoms with Gasteiger partial charge in [-0.1, -0.05) is 92.4 Å². The molecule has 3 heteroatoms. The Morgan fingerprint density at radius 2 is 1.12 bits per heavy atom. The van der Waals surface area contributed by atoms with Crippen molar-refractivity contribution in [2.24, 2.45) is 5.92 Å². The summed E-state index contributed by atoms with van der Waals surface area (Å²) in [6, 6.07) is 0. The molecule has 0 rings (SSSR count). The summed E-state index contributed by atoms with van der Waals surface area (Å²) in [6.45, 7) is 14.4. The highest BCUT2D eigenvalue weighted by atomic mass is 16.3. The van der Waals surface area contributed by atoms with Gasteiger partial charge in [-0.3, -0.25) is 0 Å². The Hall–Kier alpha value is -0.120. The van der Waals surface area contributed by atoms with Gasteiger partial charge in [0.2, 0.25) is 0 Å². The van der Waals surface area contributed by atoms with E-state index in [0.29, 0.717) is 12.5 Å². The van der Waals surface area contributed by atoms with Crippen molar-refractivity contribution in [3.05, 3.63) is 0 Å². The zero-order valence-electron chi connectivity index (χ0n) is 19.2. The maximum Gasteiger partial charge on any atom is 0.0617 e. The average molecular weight is 377 g/mol. The first-order valence-electron chi connectivity index (χ1n) is 11.2. The Labute approximate surface area is 165 Å². The second-order valence-electron chi connectivity index (χ2n) is 8.14. The van der Waals surface area contributed by atoms with Gasteiger partial charge in [0.1, 0.15) is 0 Å². The first-order valence-corrected chi connectivity index (χ1v) is 11.2. The molecule has 3 N–H and O–H groups in total. The predicted octanol–water partition coefficient (Wildman–Crippen LogP) is 6.48. The zero-order valence-corrected chi connectivity index (χ0v) is 19.2. The van der Waals surface area contributed by atoms with E-state index < -0.39 is 5.60 Å². The van der Waals surface area contributed by atoms with Crippen LogP contribution in [0.25, 0.3) is 0 Å². The van der Waals surface area contributed by atoms with E-state index in [1.54, 1.807) is 6.92 Å². The van der Waals surface area contributed by atoms with Crippen LogP contribution in [-0.4, -0.2) is 33.6 Å². The highest BCUT2D eigenvalue weighted by Gasteiger charge is 2.14. The summed E-state index contributed by atoms with van der Waals surface area (Å²) in [7, 11) is 0. The van der Waals surface area contributed by atoms with Crippen LogP contribution in [0.2, 0.25) is 0 Å². The monoisotopic (exact) mass is 376 g/mol. The van der Waals surface area contributed by atoms with Crippen LogP contribution >= 0.6 is 0 Å². The Morgan fingerprint density at radius 1 is 0.731 bits per heavy atom. The lowest BCUT2D eigenvalue weighted by molar-refractivity contribution is 0.0463. The molecule has 0 amide bonds. The van der Waals surface area contributed by atoms with Gasteiger partial charge < -0.3 is 15.3 Å². The van der Waals surface area contributed by atoms with Crippen molar-refractivity contribution in [2.45, 2.75) is 137 Å². The highest BCUT2D eigenvalue weighted by Crippen LogP contribution is 2.14. The summed E-state index contributed by atoms with van der Waals surface area (Å²) in [6.07, 6.45) is 14.5. The molecule has 0 saturated carbocycles. The fraction of sp³-hybridized carbons (Fsp3) is 1.00. The minimum Gasteiger partial charge on any atom is -0.396 e. The van der Waals surface area contributed by atoms with Crippen LogP contribution in [0.1, 0.15) is 126 Å². The first kappa shape index (κ1) is 30.6. The van der Waals surface area contributed by atoms with Crippen molar-refractivity contribution in [1.29, 1.82) is 0 Å².